The molecule has 0 unspecified atom stereocenters. The average Bonchev–Trinajstić information content (AvgIpc) is 2.73. The molecule has 0 aliphatic heterocycles. The number of benzene rings is 1. The summed E-state index contributed by atoms with van der Waals surface area (Å²) in [6.45, 7) is 17.7. The third-order valence-electron chi connectivity index (χ3n) is 4.63. The molecule has 0 bridgehead atoms. The van der Waals surface area contributed by atoms with Gasteiger partial charge in [-0.25, -0.2) is 0 Å². The summed E-state index contributed by atoms with van der Waals surface area (Å²) in [5, 5.41) is 0. The Morgan fingerprint density at radius 3 is 1.90 bits per heavy atom. The van der Waals surface area contributed by atoms with E-state index < -0.39 is 0 Å². The van der Waals surface area contributed by atoms with Crippen molar-refractivity contribution in [3.63, 3.8) is 0 Å². The van der Waals surface area contributed by atoms with Crippen LogP contribution in [0.25, 0.3) is 0 Å². The number of hydrogen-bond donors (Lipinski definition) is 0. The molecule has 0 spiro atoms. The van der Waals surface area contributed by atoms with Gasteiger partial charge < -0.3 is 9.47 Å². The van der Waals surface area contributed by atoms with Crippen molar-refractivity contribution < 1.29 is 9.47 Å². The zero-order chi connectivity index (χ0) is 22.5. The topological polar surface area (TPSA) is 18.5 Å². The highest BCUT2D eigenvalue weighted by atomic mass is 16.5. The van der Waals surface area contributed by atoms with Gasteiger partial charge in [-0.15, -0.1) is 0 Å². The Morgan fingerprint density at radius 1 is 0.767 bits per heavy atom. The average molecular weight is 415 g/mol. The van der Waals surface area contributed by atoms with E-state index in [-0.39, 0.29) is 0 Å². The molecule has 0 aliphatic carbocycles. The predicted octanol–water partition coefficient (Wildman–Crippen LogP) is 8.96. The SMILES string of the molecule is C=C(C)/C=C\C(=C)OCCCCCCCC.CCCCCCOc1ccc(C)cc1. The van der Waals surface area contributed by atoms with Gasteiger partial charge in [-0.3, -0.25) is 0 Å². The summed E-state index contributed by atoms with van der Waals surface area (Å²) >= 11 is 0. The van der Waals surface area contributed by atoms with Crippen molar-refractivity contribution in [3.8, 4) is 5.75 Å². The third kappa shape index (κ3) is 19.4. The lowest BCUT2D eigenvalue weighted by Gasteiger charge is -2.05. The number of rotatable bonds is 16. The molecule has 1 aromatic carbocycles. The molecule has 170 valence electrons. The van der Waals surface area contributed by atoms with Gasteiger partial charge in [-0.05, 0) is 44.9 Å². The standard InChI is InChI=1S/C15H26O.C13H20O/c1-5-6-7-8-9-10-13-16-15(4)12-11-14(2)3;1-3-4-5-6-11-14-13-9-7-12(2)8-10-13/h11-12H,2,4-10,13H2,1,3H3;7-10H,3-6,11H2,1-2H3/b12-11-;. The van der Waals surface area contributed by atoms with Crippen LogP contribution in [0, 0.1) is 6.92 Å². The quantitative estimate of drug-likeness (QED) is 0.153. The van der Waals surface area contributed by atoms with Gasteiger partial charge in [-0.1, -0.05) is 108 Å². The van der Waals surface area contributed by atoms with Crippen LogP contribution >= 0.6 is 0 Å². The Kier molecular flexibility index (Phi) is 19.0. The van der Waals surface area contributed by atoms with Gasteiger partial charge in [0.15, 0.2) is 0 Å². The normalized spacial score (nSPS) is 10.4. The zero-order valence-corrected chi connectivity index (χ0v) is 20.2. The highest BCUT2D eigenvalue weighted by Crippen LogP contribution is 2.12. The van der Waals surface area contributed by atoms with Gasteiger partial charge in [0.05, 0.1) is 13.2 Å². The molecule has 1 rings (SSSR count). The molecular weight excluding hydrogens is 368 g/mol. The molecule has 0 saturated heterocycles. The molecule has 0 radical (unpaired) electrons. The van der Waals surface area contributed by atoms with E-state index in [9.17, 15) is 0 Å². The smallest absolute Gasteiger partial charge is 0.119 e. The third-order valence-corrected chi connectivity index (χ3v) is 4.63. The lowest BCUT2D eigenvalue weighted by Crippen LogP contribution is -1.96. The summed E-state index contributed by atoms with van der Waals surface area (Å²) < 4.78 is 11.1. The van der Waals surface area contributed by atoms with E-state index in [4.69, 9.17) is 9.47 Å². The maximum Gasteiger partial charge on any atom is 0.119 e. The summed E-state index contributed by atoms with van der Waals surface area (Å²) in [7, 11) is 0. The Labute approximate surface area is 187 Å². The van der Waals surface area contributed by atoms with Crippen molar-refractivity contribution in [1.29, 1.82) is 0 Å². The summed E-state index contributed by atoms with van der Waals surface area (Å²) in [6, 6.07) is 8.24. The number of hydrogen-bond acceptors (Lipinski definition) is 2. The van der Waals surface area contributed by atoms with Gasteiger partial charge >= 0.3 is 0 Å². The Hall–Kier alpha value is -1.96. The van der Waals surface area contributed by atoms with Crippen molar-refractivity contribution in [2.45, 2.75) is 91.9 Å². The van der Waals surface area contributed by atoms with E-state index >= 15 is 0 Å². The van der Waals surface area contributed by atoms with Crippen LogP contribution < -0.4 is 4.74 Å². The van der Waals surface area contributed by atoms with Crippen LogP contribution in [-0.4, -0.2) is 13.2 Å². The van der Waals surface area contributed by atoms with E-state index in [0.717, 1.165) is 36.7 Å². The van der Waals surface area contributed by atoms with E-state index in [1.807, 2.05) is 31.2 Å². The monoisotopic (exact) mass is 414 g/mol. The second-order valence-electron chi connectivity index (χ2n) is 7.98. The molecule has 2 heteroatoms. The Bertz CT molecular complexity index is 569. The minimum absolute atomic E-state index is 0.733. The van der Waals surface area contributed by atoms with Crippen LogP contribution in [-0.2, 0) is 4.74 Å². The number of allylic oxidation sites excluding steroid dienone is 3. The van der Waals surface area contributed by atoms with Crippen molar-refractivity contribution in [2.75, 3.05) is 13.2 Å². The molecule has 30 heavy (non-hydrogen) atoms. The molecule has 0 aromatic heterocycles. The van der Waals surface area contributed by atoms with E-state index in [0.29, 0.717) is 0 Å². The molecule has 0 heterocycles. The van der Waals surface area contributed by atoms with Crippen LogP contribution in [0.4, 0.5) is 0 Å². The first-order valence-corrected chi connectivity index (χ1v) is 11.8. The predicted molar refractivity (Wildman–Crippen MR) is 133 cm³/mol. The van der Waals surface area contributed by atoms with Gasteiger partial charge in [-0.2, -0.15) is 0 Å². The van der Waals surface area contributed by atoms with Crippen molar-refractivity contribution in [3.05, 3.63) is 66.5 Å². The van der Waals surface area contributed by atoms with Crippen LogP contribution in [0.5, 0.6) is 5.75 Å². The number of aryl methyl sites for hydroxylation is 1. The van der Waals surface area contributed by atoms with Gasteiger partial charge in [0.1, 0.15) is 11.5 Å². The summed E-state index contributed by atoms with van der Waals surface area (Å²) in [5.74, 6) is 1.73. The fraction of sp³-hybridized carbons (Fsp3) is 0.571. The largest absolute Gasteiger partial charge is 0.494 e. The molecular formula is C28H46O2. The Morgan fingerprint density at radius 2 is 1.30 bits per heavy atom. The minimum Gasteiger partial charge on any atom is -0.494 e. The van der Waals surface area contributed by atoms with Crippen LogP contribution in [0.3, 0.4) is 0 Å². The lowest BCUT2D eigenvalue weighted by atomic mass is 10.1. The molecule has 1 aromatic rings. The van der Waals surface area contributed by atoms with E-state index in [1.165, 1.54) is 63.4 Å². The minimum atomic E-state index is 0.733. The van der Waals surface area contributed by atoms with Crippen LogP contribution in [0.1, 0.15) is 90.5 Å². The second-order valence-corrected chi connectivity index (χ2v) is 7.98. The molecule has 0 fully saturated rings. The van der Waals surface area contributed by atoms with Gasteiger partial charge in [0.2, 0.25) is 0 Å². The molecule has 0 amide bonds. The van der Waals surface area contributed by atoms with Crippen molar-refractivity contribution in [1.82, 2.24) is 0 Å². The van der Waals surface area contributed by atoms with E-state index in [2.05, 4.69) is 46.1 Å². The number of unbranched alkanes of at least 4 members (excludes halogenated alkanes) is 8. The first kappa shape index (κ1) is 28.0. The maximum absolute atomic E-state index is 5.61. The molecule has 0 saturated carbocycles. The molecule has 0 atom stereocenters. The lowest BCUT2D eigenvalue weighted by molar-refractivity contribution is 0.218. The van der Waals surface area contributed by atoms with Crippen LogP contribution in [0.15, 0.2) is 60.9 Å². The molecule has 0 aliphatic rings. The molecule has 0 N–H and O–H groups in total. The maximum atomic E-state index is 5.61. The van der Waals surface area contributed by atoms with Gasteiger partial charge in [0.25, 0.3) is 0 Å². The second kappa shape index (κ2) is 20.3. The fourth-order valence-corrected chi connectivity index (χ4v) is 2.72. The van der Waals surface area contributed by atoms with Gasteiger partial charge in [0, 0.05) is 0 Å². The van der Waals surface area contributed by atoms with E-state index in [1.54, 1.807) is 0 Å². The first-order chi connectivity index (χ1) is 14.5. The summed E-state index contributed by atoms with van der Waals surface area (Å²) in [5.41, 5.74) is 2.30. The Balaban J connectivity index is 0.000000564. The van der Waals surface area contributed by atoms with Crippen molar-refractivity contribution in [2.24, 2.45) is 0 Å². The zero-order valence-electron chi connectivity index (χ0n) is 20.2. The fourth-order valence-electron chi connectivity index (χ4n) is 2.72. The summed E-state index contributed by atoms with van der Waals surface area (Å²) in [4.78, 5) is 0. The highest BCUT2D eigenvalue weighted by Gasteiger charge is 1.93. The van der Waals surface area contributed by atoms with Crippen molar-refractivity contribution >= 4 is 0 Å². The first-order valence-electron chi connectivity index (χ1n) is 11.8. The molecule has 2 nitrogen and oxygen atoms in total. The highest BCUT2D eigenvalue weighted by molar-refractivity contribution is 5.26. The number of ether oxygens (including phenoxy) is 2. The summed E-state index contributed by atoms with van der Waals surface area (Å²) in [6.07, 6.45) is 16.6. The van der Waals surface area contributed by atoms with Crippen LogP contribution in [0.2, 0.25) is 0 Å².